The minimum Gasteiger partial charge on any atom is -0.376 e. The van der Waals surface area contributed by atoms with Crippen molar-refractivity contribution in [3.8, 4) is 5.69 Å². The van der Waals surface area contributed by atoms with Crippen LogP contribution in [0.4, 0.5) is 0 Å². The zero-order chi connectivity index (χ0) is 19.0. The van der Waals surface area contributed by atoms with Crippen molar-refractivity contribution in [2.45, 2.75) is 32.8 Å². The second-order valence-corrected chi connectivity index (χ2v) is 8.48. The number of thiocarbonyl (C=S) groups is 1. The van der Waals surface area contributed by atoms with Gasteiger partial charge in [-0.3, -0.25) is 14.7 Å². The van der Waals surface area contributed by atoms with E-state index in [4.69, 9.17) is 17.0 Å². The van der Waals surface area contributed by atoms with Crippen molar-refractivity contribution in [3.05, 3.63) is 52.4 Å². The minimum atomic E-state index is -0.0216. The summed E-state index contributed by atoms with van der Waals surface area (Å²) in [6.45, 7) is 5.44. The van der Waals surface area contributed by atoms with E-state index in [1.165, 1.54) is 11.8 Å². The summed E-state index contributed by atoms with van der Waals surface area (Å²) >= 11 is 6.82. The molecule has 0 spiro atoms. The largest absolute Gasteiger partial charge is 0.376 e. The first-order valence-corrected chi connectivity index (χ1v) is 10.2. The number of pyridine rings is 1. The number of hydrogen-bond acceptors (Lipinski definition) is 5. The lowest BCUT2D eigenvalue weighted by Gasteiger charge is -2.18. The third-order valence-corrected chi connectivity index (χ3v) is 6.32. The van der Waals surface area contributed by atoms with Gasteiger partial charge in [0.2, 0.25) is 0 Å². The van der Waals surface area contributed by atoms with E-state index in [2.05, 4.69) is 29.5 Å². The highest BCUT2D eigenvalue weighted by atomic mass is 32.2. The maximum absolute atomic E-state index is 12.9. The molecule has 0 aliphatic carbocycles. The van der Waals surface area contributed by atoms with E-state index in [9.17, 15) is 4.79 Å². The molecule has 2 aliphatic heterocycles. The molecular weight excluding hydrogens is 378 g/mol. The molecule has 2 aromatic rings. The van der Waals surface area contributed by atoms with Gasteiger partial charge in [-0.15, -0.1) is 0 Å². The molecule has 0 aromatic carbocycles. The first-order valence-electron chi connectivity index (χ1n) is 9.01. The molecule has 0 bridgehead atoms. The van der Waals surface area contributed by atoms with Crippen LogP contribution in [-0.4, -0.2) is 43.9 Å². The highest BCUT2D eigenvalue weighted by molar-refractivity contribution is 8.26. The fraction of sp³-hybridized carbons (Fsp3) is 0.350. The van der Waals surface area contributed by atoms with Gasteiger partial charge in [0.1, 0.15) is 4.32 Å². The number of aryl methyl sites for hydroxylation is 1. The van der Waals surface area contributed by atoms with Gasteiger partial charge in [-0.2, -0.15) is 0 Å². The van der Waals surface area contributed by atoms with E-state index in [0.29, 0.717) is 15.8 Å². The zero-order valence-electron chi connectivity index (χ0n) is 15.3. The second-order valence-electron chi connectivity index (χ2n) is 6.80. The van der Waals surface area contributed by atoms with Crippen molar-refractivity contribution in [3.63, 3.8) is 0 Å². The summed E-state index contributed by atoms with van der Waals surface area (Å²) in [5.41, 5.74) is 4.21. The molecule has 2 saturated heterocycles. The number of aromatic nitrogens is 2. The van der Waals surface area contributed by atoms with E-state index in [1.807, 2.05) is 24.4 Å². The second kappa shape index (κ2) is 7.58. The zero-order valence-corrected chi connectivity index (χ0v) is 17.0. The summed E-state index contributed by atoms with van der Waals surface area (Å²) in [6, 6.07) is 6.04. The lowest BCUT2D eigenvalue weighted by atomic mass is 10.2. The van der Waals surface area contributed by atoms with Crippen LogP contribution in [0.1, 0.15) is 29.8 Å². The molecule has 2 aliphatic rings. The Bertz CT molecular complexity index is 915. The Kier molecular flexibility index (Phi) is 5.16. The molecule has 0 radical (unpaired) electrons. The van der Waals surface area contributed by atoms with Crippen molar-refractivity contribution in [2.75, 3.05) is 13.2 Å². The van der Waals surface area contributed by atoms with Gasteiger partial charge in [-0.25, -0.2) is 0 Å². The molecule has 0 unspecified atom stereocenters. The third-order valence-electron chi connectivity index (χ3n) is 4.94. The van der Waals surface area contributed by atoms with Crippen molar-refractivity contribution in [2.24, 2.45) is 0 Å². The molecule has 2 fully saturated rings. The molecule has 7 heteroatoms. The Labute approximate surface area is 168 Å². The van der Waals surface area contributed by atoms with Crippen LogP contribution in [0.3, 0.4) is 0 Å². The van der Waals surface area contributed by atoms with E-state index in [-0.39, 0.29) is 12.0 Å². The van der Waals surface area contributed by atoms with Crippen molar-refractivity contribution < 1.29 is 9.53 Å². The summed E-state index contributed by atoms with van der Waals surface area (Å²) in [6.07, 6.45) is 7.69. The van der Waals surface area contributed by atoms with Gasteiger partial charge < -0.3 is 9.30 Å². The molecule has 140 valence electrons. The van der Waals surface area contributed by atoms with Crippen LogP contribution >= 0.6 is 24.0 Å². The highest BCUT2D eigenvalue weighted by Crippen LogP contribution is 2.34. The van der Waals surface area contributed by atoms with Gasteiger partial charge in [0.05, 0.1) is 29.4 Å². The Hall–Kier alpha value is -1.96. The number of thioether (sulfide) groups is 1. The Morgan fingerprint density at radius 3 is 3.00 bits per heavy atom. The highest BCUT2D eigenvalue weighted by Gasteiger charge is 2.34. The lowest BCUT2D eigenvalue weighted by Crippen LogP contribution is -2.35. The number of hydrogen-bond donors (Lipinski definition) is 0. The molecule has 0 saturated carbocycles. The standard InChI is InChI=1S/C20H21N3O2S2/c1-13-9-15(14(2)23(13)16-5-3-7-21-11-16)10-18-19(24)22(20(26)27-18)12-17-6-4-8-25-17/h3,5,7,9-11,17H,4,6,8,12H2,1-2H3/b18-10-/t17-/m1/s1. The number of carbonyl (C=O) groups excluding carboxylic acids is 1. The van der Waals surface area contributed by atoms with Crippen LogP contribution in [-0.2, 0) is 9.53 Å². The van der Waals surface area contributed by atoms with Crippen LogP contribution in [0.2, 0.25) is 0 Å². The van der Waals surface area contributed by atoms with Gasteiger partial charge >= 0.3 is 0 Å². The average molecular weight is 400 g/mol. The van der Waals surface area contributed by atoms with Gasteiger partial charge in [0.15, 0.2) is 0 Å². The normalized spacial score (nSPS) is 21.6. The molecule has 1 amide bonds. The molecule has 27 heavy (non-hydrogen) atoms. The molecule has 5 nitrogen and oxygen atoms in total. The SMILES string of the molecule is Cc1cc(/C=C2\SC(=S)N(C[C@H]3CCCO3)C2=O)c(C)n1-c1cccnc1. The van der Waals surface area contributed by atoms with E-state index >= 15 is 0 Å². The van der Waals surface area contributed by atoms with Crippen LogP contribution in [0.25, 0.3) is 11.8 Å². The molecular formula is C20H21N3O2S2. The van der Waals surface area contributed by atoms with Crippen molar-refractivity contribution in [1.29, 1.82) is 0 Å². The predicted molar refractivity (Wildman–Crippen MR) is 112 cm³/mol. The summed E-state index contributed by atoms with van der Waals surface area (Å²) in [4.78, 5) is 19.4. The number of rotatable bonds is 4. The van der Waals surface area contributed by atoms with Gasteiger partial charge in [-0.05, 0) is 56.5 Å². The lowest BCUT2D eigenvalue weighted by molar-refractivity contribution is -0.123. The Balaban J connectivity index is 1.60. The average Bonchev–Trinajstić information content (AvgIpc) is 3.33. The molecule has 1 atom stereocenters. The van der Waals surface area contributed by atoms with E-state index < -0.39 is 0 Å². The Morgan fingerprint density at radius 1 is 1.44 bits per heavy atom. The monoisotopic (exact) mass is 399 g/mol. The molecule has 4 heterocycles. The van der Waals surface area contributed by atoms with E-state index in [0.717, 1.165) is 42.1 Å². The quantitative estimate of drug-likeness (QED) is 0.577. The molecule has 4 rings (SSSR count). The van der Waals surface area contributed by atoms with Gasteiger partial charge in [0, 0.05) is 24.2 Å². The summed E-state index contributed by atoms with van der Waals surface area (Å²) < 4.78 is 8.42. The smallest absolute Gasteiger partial charge is 0.266 e. The summed E-state index contributed by atoms with van der Waals surface area (Å²) in [5.74, 6) is -0.0216. The van der Waals surface area contributed by atoms with Crippen LogP contribution < -0.4 is 0 Å². The van der Waals surface area contributed by atoms with Gasteiger partial charge in [0.25, 0.3) is 5.91 Å². The number of ether oxygens (including phenoxy) is 1. The molecule has 0 N–H and O–H groups in total. The molecule has 2 aromatic heterocycles. The minimum absolute atomic E-state index is 0.0216. The number of nitrogens with zero attached hydrogens (tertiary/aromatic N) is 3. The number of carbonyl (C=O) groups is 1. The van der Waals surface area contributed by atoms with Crippen LogP contribution in [0.5, 0.6) is 0 Å². The summed E-state index contributed by atoms with van der Waals surface area (Å²) in [7, 11) is 0. The van der Waals surface area contributed by atoms with Crippen LogP contribution in [0.15, 0.2) is 35.5 Å². The first-order chi connectivity index (χ1) is 13.0. The van der Waals surface area contributed by atoms with Crippen molar-refractivity contribution >= 4 is 40.3 Å². The fourth-order valence-electron chi connectivity index (χ4n) is 3.61. The predicted octanol–water partition coefficient (Wildman–Crippen LogP) is 3.87. The van der Waals surface area contributed by atoms with E-state index in [1.54, 1.807) is 11.1 Å². The fourth-order valence-corrected chi connectivity index (χ4v) is 4.87. The van der Waals surface area contributed by atoms with Crippen molar-refractivity contribution in [1.82, 2.24) is 14.5 Å². The topological polar surface area (TPSA) is 47.4 Å². The maximum Gasteiger partial charge on any atom is 0.266 e. The summed E-state index contributed by atoms with van der Waals surface area (Å²) in [5, 5.41) is 0. The first kappa shape index (κ1) is 18.4. The Morgan fingerprint density at radius 2 is 2.30 bits per heavy atom. The van der Waals surface area contributed by atoms with Crippen LogP contribution in [0, 0.1) is 13.8 Å². The van der Waals surface area contributed by atoms with Gasteiger partial charge in [-0.1, -0.05) is 24.0 Å². The number of amides is 1. The third kappa shape index (κ3) is 3.59. The maximum atomic E-state index is 12.9.